The van der Waals surface area contributed by atoms with Crippen LogP contribution >= 0.6 is 24.0 Å². The lowest BCUT2D eigenvalue weighted by atomic mass is 9.79. The topological polar surface area (TPSA) is 73.1 Å². The van der Waals surface area contributed by atoms with Crippen molar-refractivity contribution in [1.29, 1.82) is 0 Å². The van der Waals surface area contributed by atoms with Crippen LogP contribution in [0, 0.1) is 5.41 Å². The van der Waals surface area contributed by atoms with E-state index in [9.17, 15) is 4.79 Å². The number of carbonyl (C=O) groups excluding carboxylic acids is 1. The maximum absolute atomic E-state index is 11.7. The summed E-state index contributed by atoms with van der Waals surface area (Å²) < 4.78 is 5.58. The first-order valence-electron chi connectivity index (χ1n) is 8.95. The van der Waals surface area contributed by atoms with Crippen LogP contribution in [0.4, 0.5) is 0 Å². The average molecular weight is 475 g/mol. The second-order valence-corrected chi connectivity index (χ2v) is 7.40. The van der Waals surface area contributed by atoms with Gasteiger partial charge in [-0.1, -0.05) is 0 Å². The Bertz CT molecular complexity index is 619. The number of amides is 1. The number of carbonyl (C=O) groups is 1. The molecule has 26 heavy (non-hydrogen) atoms. The van der Waals surface area contributed by atoms with Gasteiger partial charge in [-0.15, -0.1) is 24.0 Å². The molecular weight excluding hydrogens is 445 g/mol. The fraction of sp³-hybridized carbons (Fsp3) is 0.667. The molecule has 0 saturated carbocycles. The van der Waals surface area contributed by atoms with E-state index in [0.29, 0.717) is 13.0 Å². The Hall–Kier alpha value is -1.29. The Kier molecular flexibility index (Phi) is 7.33. The van der Waals surface area contributed by atoms with Crippen LogP contribution in [0.2, 0.25) is 0 Å². The van der Waals surface area contributed by atoms with E-state index in [0.717, 1.165) is 44.2 Å². The van der Waals surface area contributed by atoms with Gasteiger partial charge in [-0.3, -0.25) is 14.7 Å². The van der Waals surface area contributed by atoms with E-state index in [1.807, 2.05) is 33.3 Å². The third-order valence-electron chi connectivity index (χ3n) is 5.32. The summed E-state index contributed by atoms with van der Waals surface area (Å²) in [5.41, 5.74) is 0.0644. The predicted molar refractivity (Wildman–Crippen MR) is 113 cm³/mol. The van der Waals surface area contributed by atoms with Crippen LogP contribution in [0.25, 0.3) is 0 Å². The van der Waals surface area contributed by atoms with Crippen LogP contribution in [-0.2, 0) is 4.79 Å². The average Bonchev–Trinajstić information content (AvgIpc) is 3.22. The minimum atomic E-state index is 0. The molecule has 1 aromatic heterocycles. The first kappa shape index (κ1) is 21.0. The van der Waals surface area contributed by atoms with Gasteiger partial charge >= 0.3 is 0 Å². The van der Waals surface area contributed by atoms with Crippen molar-refractivity contribution < 1.29 is 9.21 Å². The van der Waals surface area contributed by atoms with Gasteiger partial charge in [0.2, 0.25) is 5.91 Å². The second-order valence-electron chi connectivity index (χ2n) is 7.40. The monoisotopic (exact) mass is 475 g/mol. The molecule has 146 valence electrons. The molecule has 3 heterocycles. The molecule has 8 heteroatoms. The number of halogens is 1. The zero-order valence-electron chi connectivity index (χ0n) is 15.8. The van der Waals surface area contributed by atoms with Crippen LogP contribution in [0.5, 0.6) is 0 Å². The number of rotatable bonds is 4. The number of hydrogen-bond donors (Lipinski definition) is 2. The van der Waals surface area contributed by atoms with E-state index in [-0.39, 0.29) is 41.3 Å². The fourth-order valence-corrected chi connectivity index (χ4v) is 3.97. The third-order valence-corrected chi connectivity index (χ3v) is 5.32. The number of hydrogen-bond acceptors (Lipinski definition) is 4. The normalized spacial score (nSPS) is 24.5. The van der Waals surface area contributed by atoms with Gasteiger partial charge in [0.05, 0.1) is 12.3 Å². The van der Waals surface area contributed by atoms with Crippen molar-refractivity contribution in [3.8, 4) is 0 Å². The van der Waals surface area contributed by atoms with Crippen molar-refractivity contribution in [2.45, 2.75) is 25.3 Å². The maximum Gasteiger partial charge on any atom is 0.220 e. The van der Waals surface area contributed by atoms with E-state index in [4.69, 9.17) is 4.42 Å². The van der Waals surface area contributed by atoms with Gasteiger partial charge < -0.3 is 20.0 Å². The minimum absolute atomic E-state index is 0. The lowest BCUT2D eigenvalue weighted by Crippen LogP contribution is -2.52. The number of nitrogens with zero attached hydrogens (tertiary/aromatic N) is 3. The van der Waals surface area contributed by atoms with Gasteiger partial charge in [0, 0.05) is 45.1 Å². The highest BCUT2D eigenvalue weighted by Gasteiger charge is 2.42. The highest BCUT2D eigenvalue weighted by molar-refractivity contribution is 14.0. The van der Waals surface area contributed by atoms with Gasteiger partial charge in [-0.05, 0) is 39.1 Å². The molecule has 0 bridgehead atoms. The molecule has 2 fully saturated rings. The highest BCUT2D eigenvalue weighted by atomic mass is 127. The quantitative estimate of drug-likeness (QED) is 0.394. The Morgan fingerprint density at radius 2 is 2.35 bits per heavy atom. The third kappa shape index (κ3) is 4.70. The molecule has 1 spiro atoms. The summed E-state index contributed by atoms with van der Waals surface area (Å²) in [6.07, 6.45) is 4.53. The molecule has 7 nitrogen and oxygen atoms in total. The molecule has 0 aliphatic carbocycles. The van der Waals surface area contributed by atoms with Gasteiger partial charge in [0.25, 0.3) is 0 Å². The Labute approximate surface area is 172 Å². The fourth-order valence-electron chi connectivity index (χ4n) is 3.97. The summed E-state index contributed by atoms with van der Waals surface area (Å²) in [6.45, 7) is 3.35. The smallest absolute Gasteiger partial charge is 0.220 e. The van der Waals surface area contributed by atoms with E-state index in [1.165, 1.54) is 0 Å². The molecule has 2 atom stereocenters. The zero-order valence-corrected chi connectivity index (χ0v) is 18.2. The first-order chi connectivity index (χ1) is 12.0. The van der Waals surface area contributed by atoms with E-state index < -0.39 is 0 Å². The summed E-state index contributed by atoms with van der Waals surface area (Å²) >= 11 is 0. The van der Waals surface area contributed by atoms with Crippen molar-refractivity contribution in [2.24, 2.45) is 10.4 Å². The number of aliphatic imine (C=N–C) groups is 1. The molecule has 1 aromatic rings. The molecule has 2 aliphatic heterocycles. The summed E-state index contributed by atoms with van der Waals surface area (Å²) in [7, 11) is 5.91. The molecule has 1 amide bonds. The highest BCUT2D eigenvalue weighted by Crippen LogP contribution is 2.36. The van der Waals surface area contributed by atoms with E-state index >= 15 is 0 Å². The Morgan fingerprint density at radius 1 is 1.54 bits per heavy atom. The number of likely N-dealkylation sites (N-methyl/N-ethyl adjacent to an activating group) is 1. The van der Waals surface area contributed by atoms with Crippen LogP contribution < -0.4 is 10.6 Å². The van der Waals surface area contributed by atoms with Crippen molar-refractivity contribution >= 4 is 35.8 Å². The van der Waals surface area contributed by atoms with Gasteiger partial charge in [-0.25, -0.2) is 0 Å². The molecule has 2 N–H and O–H groups in total. The minimum Gasteiger partial charge on any atom is -0.468 e. The summed E-state index contributed by atoms with van der Waals surface area (Å²) in [5, 5.41) is 6.49. The number of likely N-dealkylation sites (tertiary alicyclic amines) is 1. The summed E-state index contributed by atoms with van der Waals surface area (Å²) in [5.74, 6) is 2.01. The summed E-state index contributed by atoms with van der Waals surface area (Å²) in [6, 6.07) is 4.06. The molecule has 2 unspecified atom stereocenters. The maximum atomic E-state index is 11.7. The molecule has 2 saturated heterocycles. The second kappa shape index (κ2) is 9.07. The standard InChI is InChI=1S/C18H29N5O2.HI/c1-19-17(20-11-14(22(2)3)15-6-4-9-25-15)23-8-5-7-18(13-23)10-16(24)21-12-18;/h4,6,9,14H,5,7-8,10-13H2,1-3H3,(H,19,20)(H,21,24);1H. The number of furan rings is 1. The molecular formula is C18H30IN5O2. The van der Waals surface area contributed by atoms with Crippen LogP contribution in [0.3, 0.4) is 0 Å². The molecule has 3 rings (SSSR count). The largest absolute Gasteiger partial charge is 0.468 e. The first-order valence-corrected chi connectivity index (χ1v) is 8.95. The Morgan fingerprint density at radius 3 is 2.92 bits per heavy atom. The van der Waals surface area contributed by atoms with Crippen LogP contribution in [0.1, 0.15) is 31.1 Å². The zero-order chi connectivity index (χ0) is 17.9. The molecule has 0 radical (unpaired) electrons. The van der Waals surface area contributed by atoms with Crippen LogP contribution in [0.15, 0.2) is 27.8 Å². The van der Waals surface area contributed by atoms with Gasteiger partial charge in [-0.2, -0.15) is 0 Å². The lowest BCUT2D eigenvalue weighted by molar-refractivity contribution is -0.119. The van der Waals surface area contributed by atoms with Crippen LogP contribution in [-0.4, -0.2) is 69.0 Å². The number of nitrogens with one attached hydrogen (secondary N) is 2. The molecule has 0 aromatic carbocycles. The predicted octanol–water partition coefficient (Wildman–Crippen LogP) is 1.68. The Balaban J connectivity index is 0.00000243. The van der Waals surface area contributed by atoms with Gasteiger partial charge in [0.1, 0.15) is 5.76 Å². The lowest BCUT2D eigenvalue weighted by Gasteiger charge is -2.41. The van der Waals surface area contributed by atoms with Crippen molar-refractivity contribution in [3.63, 3.8) is 0 Å². The van der Waals surface area contributed by atoms with E-state index in [2.05, 4.69) is 25.4 Å². The molecule has 2 aliphatic rings. The van der Waals surface area contributed by atoms with E-state index in [1.54, 1.807) is 6.26 Å². The van der Waals surface area contributed by atoms with Crippen molar-refractivity contribution in [1.82, 2.24) is 20.4 Å². The summed E-state index contributed by atoms with van der Waals surface area (Å²) in [4.78, 5) is 20.6. The van der Waals surface area contributed by atoms with Crippen molar-refractivity contribution in [2.75, 3.05) is 47.3 Å². The van der Waals surface area contributed by atoms with Crippen molar-refractivity contribution in [3.05, 3.63) is 24.2 Å². The SMILES string of the molecule is CN=C(NCC(c1ccco1)N(C)C)N1CCCC2(CNC(=O)C2)C1.I. The number of guanidine groups is 1. The van der Waals surface area contributed by atoms with Gasteiger partial charge in [0.15, 0.2) is 5.96 Å². The number of piperidine rings is 1.